The molecule has 13 nitrogen and oxygen atoms in total. The zero-order valence-electron chi connectivity index (χ0n) is 30.2. The SMILES string of the molecule is CC(C)(c1ccc(OCc2ccnc(N3CCOCC3)n2)cc1)c1ccc(OC2CC(Nc3ccc4c(c3)C(=O)N(C3CCC(=O)NC3=O)C4=O)C2)cc1. The van der Waals surface area contributed by atoms with Crippen molar-refractivity contribution < 1.29 is 33.4 Å². The zero-order chi connectivity index (χ0) is 37.4. The van der Waals surface area contributed by atoms with Gasteiger partial charge in [-0.1, -0.05) is 38.1 Å². The number of carbonyl (C=O) groups excluding carboxylic acids is 4. The predicted octanol–water partition coefficient (Wildman–Crippen LogP) is 4.64. The summed E-state index contributed by atoms with van der Waals surface area (Å²) < 4.78 is 17.8. The molecule has 4 aliphatic rings. The Labute approximate surface area is 313 Å². The van der Waals surface area contributed by atoms with Crippen molar-refractivity contribution in [3.63, 3.8) is 0 Å². The van der Waals surface area contributed by atoms with Crippen molar-refractivity contribution in [1.82, 2.24) is 20.2 Å². The summed E-state index contributed by atoms with van der Waals surface area (Å²) in [6, 6.07) is 22.5. The number of aromatic nitrogens is 2. The monoisotopic (exact) mass is 730 g/mol. The number of benzene rings is 3. The lowest BCUT2D eigenvalue weighted by atomic mass is 9.78. The summed E-state index contributed by atoms with van der Waals surface area (Å²) >= 11 is 0. The minimum Gasteiger partial charge on any atom is -0.490 e. The van der Waals surface area contributed by atoms with Gasteiger partial charge in [0, 0.05) is 55.7 Å². The van der Waals surface area contributed by atoms with E-state index in [2.05, 4.69) is 63.6 Å². The maximum atomic E-state index is 13.2. The molecular formula is C41H42N6O7. The quantitative estimate of drug-likeness (QED) is 0.208. The number of amides is 4. The summed E-state index contributed by atoms with van der Waals surface area (Å²) in [4.78, 5) is 62.3. The fourth-order valence-electron chi connectivity index (χ4n) is 7.39. The van der Waals surface area contributed by atoms with Gasteiger partial charge in [0.2, 0.25) is 17.8 Å². The molecule has 3 aromatic carbocycles. The van der Waals surface area contributed by atoms with Crippen LogP contribution in [0.1, 0.15) is 77.1 Å². The average Bonchev–Trinajstić information content (AvgIpc) is 3.42. The van der Waals surface area contributed by atoms with E-state index < -0.39 is 29.7 Å². The van der Waals surface area contributed by atoms with E-state index in [0.29, 0.717) is 25.8 Å². The minimum absolute atomic E-state index is 0.0443. The molecule has 2 saturated heterocycles. The van der Waals surface area contributed by atoms with Gasteiger partial charge in [-0.2, -0.15) is 0 Å². The molecule has 4 amide bonds. The largest absolute Gasteiger partial charge is 0.490 e. The topological polar surface area (TPSA) is 152 Å². The van der Waals surface area contributed by atoms with Crippen molar-refractivity contribution in [3.05, 3.63) is 107 Å². The van der Waals surface area contributed by atoms with Crippen molar-refractivity contribution in [3.8, 4) is 11.5 Å². The second-order valence-electron chi connectivity index (χ2n) is 14.7. The molecule has 1 unspecified atom stereocenters. The Balaban J connectivity index is 0.815. The maximum Gasteiger partial charge on any atom is 0.262 e. The highest BCUT2D eigenvalue weighted by molar-refractivity contribution is 6.23. The molecule has 8 rings (SSSR count). The van der Waals surface area contributed by atoms with Crippen LogP contribution in [0.2, 0.25) is 0 Å². The Bertz CT molecular complexity index is 2070. The molecular weight excluding hydrogens is 688 g/mol. The first-order chi connectivity index (χ1) is 26.1. The van der Waals surface area contributed by atoms with E-state index in [9.17, 15) is 19.2 Å². The fourth-order valence-corrected chi connectivity index (χ4v) is 7.39. The van der Waals surface area contributed by atoms with Crippen LogP contribution >= 0.6 is 0 Å². The molecule has 4 heterocycles. The molecule has 0 bridgehead atoms. The van der Waals surface area contributed by atoms with Crippen molar-refractivity contribution in [2.75, 3.05) is 36.5 Å². The van der Waals surface area contributed by atoms with Crippen LogP contribution in [-0.2, 0) is 26.3 Å². The fraction of sp³-hybridized carbons (Fsp3) is 0.366. The molecule has 1 saturated carbocycles. The first kappa shape index (κ1) is 35.2. The van der Waals surface area contributed by atoms with Gasteiger partial charge in [0.25, 0.3) is 11.8 Å². The molecule has 4 aromatic rings. The molecule has 3 fully saturated rings. The van der Waals surface area contributed by atoms with Crippen LogP contribution in [0, 0.1) is 0 Å². The van der Waals surface area contributed by atoms with Crippen molar-refractivity contribution >= 4 is 35.3 Å². The molecule has 3 aliphatic heterocycles. The Morgan fingerprint density at radius 2 is 1.56 bits per heavy atom. The Morgan fingerprint density at radius 3 is 2.26 bits per heavy atom. The van der Waals surface area contributed by atoms with Crippen LogP contribution in [0.25, 0.3) is 0 Å². The van der Waals surface area contributed by atoms with Crippen molar-refractivity contribution in [1.29, 1.82) is 0 Å². The van der Waals surface area contributed by atoms with Gasteiger partial charge in [0.15, 0.2) is 0 Å². The maximum absolute atomic E-state index is 13.2. The third-order valence-electron chi connectivity index (χ3n) is 10.7. The van der Waals surface area contributed by atoms with Crippen molar-refractivity contribution in [2.45, 2.75) is 69.7 Å². The molecule has 278 valence electrons. The number of rotatable bonds is 11. The summed E-state index contributed by atoms with van der Waals surface area (Å²) in [5.74, 6) is 0.226. The van der Waals surface area contributed by atoms with Crippen LogP contribution in [0.3, 0.4) is 0 Å². The molecule has 0 radical (unpaired) electrons. The number of nitrogens with one attached hydrogen (secondary N) is 2. The van der Waals surface area contributed by atoms with E-state index in [1.165, 1.54) is 0 Å². The highest BCUT2D eigenvalue weighted by atomic mass is 16.5. The van der Waals surface area contributed by atoms with Crippen LogP contribution in [-0.4, -0.2) is 83.0 Å². The zero-order valence-corrected chi connectivity index (χ0v) is 30.2. The number of anilines is 2. The van der Waals surface area contributed by atoms with Crippen molar-refractivity contribution in [2.24, 2.45) is 0 Å². The number of hydrogen-bond donors (Lipinski definition) is 2. The smallest absolute Gasteiger partial charge is 0.262 e. The van der Waals surface area contributed by atoms with E-state index in [-0.39, 0.29) is 41.5 Å². The van der Waals surface area contributed by atoms with Gasteiger partial charge < -0.3 is 24.4 Å². The van der Waals surface area contributed by atoms with Crippen LogP contribution in [0.4, 0.5) is 11.6 Å². The van der Waals surface area contributed by atoms with Gasteiger partial charge in [0.05, 0.1) is 30.0 Å². The molecule has 1 atom stereocenters. The summed E-state index contributed by atoms with van der Waals surface area (Å²) in [6.45, 7) is 7.67. The number of carbonyl (C=O) groups is 4. The molecule has 2 N–H and O–H groups in total. The predicted molar refractivity (Wildman–Crippen MR) is 199 cm³/mol. The van der Waals surface area contributed by atoms with E-state index in [1.54, 1.807) is 24.4 Å². The lowest BCUT2D eigenvalue weighted by Gasteiger charge is -2.36. The Morgan fingerprint density at radius 1 is 0.870 bits per heavy atom. The number of hydrogen-bond acceptors (Lipinski definition) is 11. The van der Waals surface area contributed by atoms with Gasteiger partial charge in [-0.25, -0.2) is 9.97 Å². The van der Waals surface area contributed by atoms with E-state index in [1.807, 2.05) is 30.3 Å². The molecule has 0 spiro atoms. The molecule has 13 heteroatoms. The second kappa shape index (κ2) is 14.5. The Hall–Kier alpha value is -5.82. The third kappa shape index (κ3) is 7.11. The summed E-state index contributed by atoms with van der Waals surface area (Å²) in [5.41, 5.74) is 4.14. The Kier molecular flexibility index (Phi) is 9.49. The van der Waals surface area contributed by atoms with Gasteiger partial charge in [-0.3, -0.25) is 29.4 Å². The standard InChI is InChI=1S/C41H42N6O7/c1-41(2,25-3-8-30(9-4-25)53-24-28-15-16-42-40(44-28)46-17-19-52-20-18-46)26-5-10-31(11-6-26)54-32-21-29(22-32)43-27-7-12-33-34(23-27)39(51)47(38(33)50)35-13-14-36(48)45-37(35)49/h3-12,15-16,23,29,32,35,43H,13-14,17-22,24H2,1-2H3,(H,45,48,49). The molecule has 1 aliphatic carbocycles. The second-order valence-corrected chi connectivity index (χ2v) is 14.7. The first-order valence-corrected chi connectivity index (χ1v) is 18.4. The summed E-state index contributed by atoms with van der Waals surface area (Å²) in [5, 5.41) is 5.67. The average molecular weight is 731 g/mol. The number of piperidine rings is 1. The van der Waals surface area contributed by atoms with Gasteiger partial charge in [-0.05, 0) is 66.1 Å². The van der Waals surface area contributed by atoms with Gasteiger partial charge in [-0.15, -0.1) is 0 Å². The number of ether oxygens (including phenoxy) is 3. The van der Waals surface area contributed by atoms with Crippen LogP contribution < -0.4 is 25.0 Å². The first-order valence-electron chi connectivity index (χ1n) is 18.4. The number of imide groups is 2. The molecule has 54 heavy (non-hydrogen) atoms. The number of morpholine rings is 1. The minimum atomic E-state index is -0.986. The highest BCUT2D eigenvalue weighted by Crippen LogP contribution is 2.36. The lowest BCUT2D eigenvalue weighted by molar-refractivity contribution is -0.136. The molecule has 1 aromatic heterocycles. The summed E-state index contributed by atoms with van der Waals surface area (Å²) in [6.07, 6.45) is 3.58. The summed E-state index contributed by atoms with van der Waals surface area (Å²) in [7, 11) is 0. The van der Waals surface area contributed by atoms with E-state index in [0.717, 1.165) is 64.8 Å². The lowest BCUT2D eigenvalue weighted by Crippen LogP contribution is -2.54. The van der Waals surface area contributed by atoms with Crippen LogP contribution in [0.5, 0.6) is 11.5 Å². The number of nitrogens with zero attached hydrogens (tertiary/aromatic N) is 4. The van der Waals surface area contributed by atoms with Crippen LogP contribution in [0.15, 0.2) is 79.0 Å². The van der Waals surface area contributed by atoms with Gasteiger partial charge >= 0.3 is 0 Å². The van der Waals surface area contributed by atoms with Gasteiger partial charge in [0.1, 0.15) is 30.3 Å². The third-order valence-corrected chi connectivity index (χ3v) is 10.7. The number of fused-ring (bicyclic) bond motifs is 1. The van der Waals surface area contributed by atoms with E-state index in [4.69, 9.17) is 14.2 Å². The van der Waals surface area contributed by atoms with E-state index >= 15 is 0 Å². The highest BCUT2D eigenvalue weighted by Gasteiger charge is 2.45. The normalized spacial score (nSPS) is 21.3.